The Bertz CT molecular complexity index is 501. The van der Waals surface area contributed by atoms with E-state index in [0.717, 1.165) is 51.1 Å². The van der Waals surface area contributed by atoms with Gasteiger partial charge in [0.2, 0.25) is 0 Å². The number of hydrogen-bond donors (Lipinski definition) is 1. The molecule has 1 aromatic heterocycles. The zero-order valence-electron chi connectivity index (χ0n) is 16.3. The quantitative estimate of drug-likeness (QED) is 0.665. The van der Waals surface area contributed by atoms with Gasteiger partial charge in [-0.05, 0) is 32.9 Å². The van der Waals surface area contributed by atoms with Crippen LogP contribution in [0.2, 0.25) is 0 Å². The van der Waals surface area contributed by atoms with Crippen molar-refractivity contribution in [1.82, 2.24) is 15.4 Å². The second-order valence-corrected chi connectivity index (χ2v) is 7.00. The maximum Gasteiger partial charge on any atom is 0.273 e. The molecule has 0 spiro atoms. The van der Waals surface area contributed by atoms with Crippen molar-refractivity contribution in [3.05, 3.63) is 17.5 Å². The van der Waals surface area contributed by atoms with E-state index in [-0.39, 0.29) is 17.4 Å². The summed E-state index contributed by atoms with van der Waals surface area (Å²) in [4.78, 5) is 14.9. The number of amides is 1. The van der Waals surface area contributed by atoms with Crippen LogP contribution in [0.25, 0.3) is 0 Å². The molecule has 0 radical (unpaired) electrons. The minimum atomic E-state index is -0.146. The van der Waals surface area contributed by atoms with Gasteiger partial charge in [-0.3, -0.25) is 4.79 Å². The van der Waals surface area contributed by atoms with Crippen molar-refractivity contribution in [2.24, 2.45) is 5.41 Å². The third kappa shape index (κ3) is 5.62. The van der Waals surface area contributed by atoms with E-state index in [1.807, 2.05) is 6.92 Å². The lowest BCUT2D eigenvalue weighted by atomic mass is 9.78. The molecular formula is C19H35N3O2. The van der Waals surface area contributed by atoms with Crippen LogP contribution < -0.4 is 5.32 Å². The van der Waals surface area contributed by atoms with E-state index in [4.69, 9.17) is 4.52 Å². The molecule has 0 aliphatic heterocycles. The van der Waals surface area contributed by atoms with E-state index in [1.165, 1.54) is 0 Å². The highest BCUT2D eigenvalue weighted by atomic mass is 16.5. The van der Waals surface area contributed by atoms with Gasteiger partial charge in [-0.1, -0.05) is 46.2 Å². The number of hydrogen-bond acceptors (Lipinski definition) is 4. The molecule has 0 fully saturated rings. The Kier molecular flexibility index (Phi) is 8.46. The zero-order valence-corrected chi connectivity index (χ0v) is 16.3. The van der Waals surface area contributed by atoms with Crippen LogP contribution in [0.5, 0.6) is 0 Å². The number of rotatable bonds is 11. The molecule has 0 saturated heterocycles. The van der Waals surface area contributed by atoms with Gasteiger partial charge in [-0.2, -0.15) is 0 Å². The first kappa shape index (κ1) is 20.7. The van der Waals surface area contributed by atoms with E-state index < -0.39 is 0 Å². The molecule has 1 rings (SSSR count). The molecule has 0 saturated carbocycles. The van der Waals surface area contributed by atoms with Gasteiger partial charge in [0, 0.05) is 30.5 Å². The minimum Gasteiger partial charge on any atom is -0.361 e. The van der Waals surface area contributed by atoms with Crippen LogP contribution in [0.15, 0.2) is 10.6 Å². The normalized spacial score (nSPS) is 15.3. The van der Waals surface area contributed by atoms with Crippen molar-refractivity contribution in [3.63, 3.8) is 0 Å². The van der Waals surface area contributed by atoms with Gasteiger partial charge >= 0.3 is 0 Å². The van der Waals surface area contributed by atoms with Crippen LogP contribution in [-0.2, 0) is 6.42 Å². The minimum absolute atomic E-state index is 0.0346. The van der Waals surface area contributed by atoms with Crippen molar-refractivity contribution in [2.45, 2.75) is 73.3 Å². The summed E-state index contributed by atoms with van der Waals surface area (Å²) in [6.07, 6.45) is 4.07. The first-order valence-electron chi connectivity index (χ1n) is 9.38. The molecule has 1 amide bonds. The lowest BCUT2D eigenvalue weighted by Gasteiger charge is -2.40. The third-order valence-electron chi connectivity index (χ3n) is 4.93. The van der Waals surface area contributed by atoms with Crippen molar-refractivity contribution in [1.29, 1.82) is 0 Å². The molecular weight excluding hydrogens is 302 g/mol. The molecule has 1 aromatic rings. The maximum atomic E-state index is 12.5. The second kappa shape index (κ2) is 9.82. The molecule has 0 aromatic carbocycles. The molecule has 5 nitrogen and oxygen atoms in total. The van der Waals surface area contributed by atoms with Crippen molar-refractivity contribution in [3.8, 4) is 0 Å². The van der Waals surface area contributed by atoms with Gasteiger partial charge in [-0.15, -0.1) is 0 Å². The van der Waals surface area contributed by atoms with Gasteiger partial charge in [0.05, 0.1) is 0 Å². The Morgan fingerprint density at radius 1 is 1.33 bits per heavy atom. The van der Waals surface area contributed by atoms with Gasteiger partial charge in [0.25, 0.3) is 5.91 Å². The summed E-state index contributed by atoms with van der Waals surface area (Å²) in [6.45, 7) is 16.1. The summed E-state index contributed by atoms with van der Waals surface area (Å²) < 4.78 is 5.14. The summed E-state index contributed by atoms with van der Waals surface area (Å²) in [5.74, 6) is 0.594. The predicted octanol–water partition coefficient (Wildman–Crippen LogP) is 3.89. The summed E-state index contributed by atoms with van der Waals surface area (Å²) in [5, 5.41) is 7.02. The first-order chi connectivity index (χ1) is 11.4. The average Bonchev–Trinajstić information content (AvgIpc) is 3.03. The number of aromatic nitrogens is 1. The number of carbonyl (C=O) groups is 1. The van der Waals surface area contributed by atoms with Gasteiger partial charge in [-0.25, -0.2) is 0 Å². The molecule has 5 heteroatoms. The van der Waals surface area contributed by atoms with Gasteiger partial charge < -0.3 is 14.7 Å². The van der Waals surface area contributed by atoms with E-state index in [0.29, 0.717) is 5.69 Å². The van der Waals surface area contributed by atoms with Crippen molar-refractivity contribution >= 4 is 5.91 Å². The van der Waals surface area contributed by atoms with Crippen molar-refractivity contribution in [2.75, 3.05) is 19.6 Å². The molecule has 2 unspecified atom stereocenters. The van der Waals surface area contributed by atoms with Gasteiger partial charge in [0.15, 0.2) is 5.69 Å². The Morgan fingerprint density at radius 3 is 2.54 bits per heavy atom. The molecule has 0 bridgehead atoms. The summed E-state index contributed by atoms with van der Waals surface area (Å²) in [7, 11) is 0. The van der Waals surface area contributed by atoms with Crippen LogP contribution in [0.3, 0.4) is 0 Å². The van der Waals surface area contributed by atoms with E-state index in [9.17, 15) is 4.79 Å². The van der Waals surface area contributed by atoms with Crippen LogP contribution >= 0.6 is 0 Å². The van der Waals surface area contributed by atoms with Crippen LogP contribution in [0.1, 0.15) is 77.1 Å². The third-order valence-corrected chi connectivity index (χ3v) is 4.93. The SMILES string of the molecule is CCCN(CC)CC(C)(CCC)C(C)NC(=O)c1cc(CC)on1. The zero-order chi connectivity index (χ0) is 18.2. The number of nitrogens with one attached hydrogen (secondary N) is 1. The Hall–Kier alpha value is -1.36. The van der Waals surface area contributed by atoms with Crippen LogP contribution in [-0.4, -0.2) is 41.6 Å². The van der Waals surface area contributed by atoms with E-state index in [2.05, 4.69) is 50.0 Å². The van der Waals surface area contributed by atoms with E-state index >= 15 is 0 Å². The lowest BCUT2D eigenvalue weighted by molar-refractivity contribution is 0.0814. The molecule has 138 valence electrons. The average molecular weight is 338 g/mol. The number of carbonyl (C=O) groups excluding carboxylic acids is 1. The fourth-order valence-electron chi connectivity index (χ4n) is 3.21. The molecule has 2 atom stereocenters. The molecule has 0 aliphatic carbocycles. The highest BCUT2D eigenvalue weighted by Gasteiger charge is 2.33. The Morgan fingerprint density at radius 2 is 2.04 bits per heavy atom. The molecule has 24 heavy (non-hydrogen) atoms. The number of aryl methyl sites for hydroxylation is 1. The number of nitrogens with zero attached hydrogens (tertiary/aromatic N) is 2. The topological polar surface area (TPSA) is 58.4 Å². The molecule has 0 aliphatic rings. The van der Waals surface area contributed by atoms with Crippen LogP contribution in [0.4, 0.5) is 0 Å². The summed E-state index contributed by atoms with van der Waals surface area (Å²) >= 11 is 0. The smallest absolute Gasteiger partial charge is 0.273 e. The predicted molar refractivity (Wildman–Crippen MR) is 98.2 cm³/mol. The Balaban J connectivity index is 2.80. The largest absolute Gasteiger partial charge is 0.361 e. The Labute approximate surface area is 147 Å². The summed E-state index contributed by atoms with van der Waals surface area (Å²) in [5.41, 5.74) is 0.408. The first-order valence-corrected chi connectivity index (χ1v) is 9.38. The fourth-order valence-corrected chi connectivity index (χ4v) is 3.21. The lowest BCUT2D eigenvalue weighted by Crippen LogP contribution is -2.50. The highest BCUT2D eigenvalue weighted by molar-refractivity contribution is 5.92. The van der Waals surface area contributed by atoms with Crippen molar-refractivity contribution < 1.29 is 9.32 Å². The van der Waals surface area contributed by atoms with Crippen LogP contribution in [0, 0.1) is 5.41 Å². The van der Waals surface area contributed by atoms with E-state index in [1.54, 1.807) is 6.07 Å². The second-order valence-electron chi connectivity index (χ2n) is 7.00. The molecule has 1 heterocycles. The monoisotopic (exact) mass is 337 g/mol. The standard InChI is InChI=1S/C19H35N3O2/c1-7-11-19(6,14-22(10-4)12-8-2)15(5)20-18(23)17-13-16(9-3)24-21-17/h13,15H,7-12,14H2,1-6H3,(H,20,23). The fraction of sp³-hybridized carbons (Fsp3) is 0.789. The van der Waals surface area contributed by atoms with Gasteiger partial charge in [0.1, 0.15) is 5.76 Å². The highest BCUT2D eigenvalue weighted by Crippen LogP contribution is 2.29. The molecule has 1 N–H and O–H groups in total. The summed E-state index contributed by atoms with van der Waals surface area (Å²) in [6, 6.07) is 1.80. The maximum absolute atomic E-state index is 12.5.